The fourth-order valence-electron chi connectivity index (χ4n) is 3.22. The summed E-state index contributed by atoms with van der Waals surface area (Å²) < 4.78 is 0. The van der Waals surface area contributed by atoms with Gasteiger partial charge in [0.05, 0.1) is 0 Å². The highest BCUT2D eigenvalue weighted by molar-refractivity contribution is 7.99. The number of rotatable bonds is 2. The second-order valence-corrected chi connectivity index (χ2v) is 7.27. The molecule has 2 fully saturated rings. The predicted molar refractivity (Wildman–Crippen MR) is 84.9 cm³/mol. The first-order valence-electron chi connectivity index (χ1n) is 7.43. The van der Waals surface area contributed by atoms with Crippen molar-refractivity contribution in [2.75, 3.05) is 12.3 Å². The highest BCUT2D eigenvalue weighted by atomic mass is 35.5. The summed E-state index contributed by atoms with van der Waals surface area (Å²) in [6.45, 7) is 0.872. The molecule has 2 nitrogen and oxygen atoms in total. The predicted octanol–water partition coefficient (Wildman–Crippen LogP) is 4.49. The van der Waals surface area contributed by atoms with E-state index in [0.717, 1.165) is 35.7 Å². The summed E-state index contributed by atoms with van der Waals surface area (Å²) in [4.78, 5) is 14.8. The molecule has 1 saturated heterocycles. The van der Waals surface area contributed by atoms with E-state index >= 15 is 0 Å². The van der Waals surface area contributed by atoms with E-state index in [1.807, 2.05) is 30.0 Å². The second kappa shape index (κ2) is 6.40. The van der Waals surface area contributed by atoms with Gasteiger partial charge in [0.25, 0.3) is 0 Å². The first-order valence-corrected chi connectivity index (χ1v) is 8.86. The highest BCUT2D eigenvalue weighted by Crippen LogP contribution is 2.40. The van der Waals surface area contributed by atoms with Gasteiger partial charge in [-0.1, -0.05) is 43.0 Å². The number of carbonyl (C=O) groups is 1. The van der Waals surface area contributed by atoms with Crippen LogP contribution in [-0.4, -0.2) is 23.1 Å². The minimum absolute atomic E-state index is 0.156. The van der Waals surface area contributed by atoms with E-state index in [9.17, 15) is 4.79 Å². The van der Waals surface area contributed by atoms with Crippen molar-refractivity contribution in [1.82, 2.24) is 4.90 Å². The summed E-state index contributed by atoms with van der Waals surface area (Å²) >= 11 is 7.94. The molecule has 0 unspecified atom stereocenters. The van der Waals surface area contributed by atoms with E-state index in [2.05, 4.69) is 11.0 Å². The number of halogens is 1. The minimum Gasteiger partial charge on any atom is -0.325 e. The number of benzene rings is 1. The lowest BCUT2D eigenvalue weighted by atomic mass is 9.88. The van der Waals surface area contributed by atoms with Gasteiger partial charge in [0.2, 0.25) is 5.91 Å². The molecule has 1 aliphatic carbocycles. The molecule has 1 aromatic rings. The Morgan fingerprint density at radius 1 is 1.25 bits per heavy atom. The fourth-order valence-corrected chi connectivity index (χ4v) is 4.67. The lowest BCUT2D eigenvalue weighted by Crippen LogP contribution is -2.36. The monoisotopic (exact) mass is 309 g/mol. The maximum atomic E-state index is 12.7. The molecule has 1 heterocycles. The number of hydrogen-bond acceptors (Lipinski definition) is 2. The van der Waals surface area contributed by atoms with Crippen molar-refractivity contribution < 1.29 is 4.79 Å². The van der Waals surface area contributed by atoms with Gasteiger partial charge in [0, 0.05) is 23.2 Å². The number of carbonyl (C=O) groups excluding carboxylic acids is 1. The number of hydrogen-bond donors (Lipinski definition) is 0. The Bertz CT molecular complexity index is 487. The van der Waals surface area contributed by atoms with Crippen LogP contribution in [-0.2, 0) is 4.79 Å². The SMILES string of the molecule is O=C(C1CCCCC1)N1CCS[C@H]1c1cccc(Cl)c1. The van der Waals surface area contributed by atoms with Crippen molar-refractivity contribution in [3.8, 4) is 0 Å². The molecule has 1 aliphatic heterocycles. The molecule has 108 valence electrons. The zero-order chi connectivity index (χ0) is 13.9. The van der Waals surface area contributed by atoms with E-state index in [1.165, 1.54) is 19.3 Å². The van der Waals surface area contributed by atoms with Gasteiger partial charge in [-0.05, 0) is 30.5 Å². The summed E-state index contributed by atoms with van der Waals surface area (Å²) in [6, 6.07) is 7.93. The van der Waals surface area contributed by atoms with Crippen LogP contribution < -0.4 is 0 Å². The molecule has 4 heteroatoms. The summed E-state index contributed by atoms with van der Waals surface area (Å²) in [6.07, 6.45) is 5.85. The Morgan fingerprint density at radius 2 is 2.05 bits per heavy atom. The number of amides is 1. The van der Waals surface area contributed by atoms with Crippen molar-refractivity contribution in [2.45, 2.75) is 37.5 Å². The van der Waals surface area contributed by atoms with Crippen molar-refractivity contribution in [2.24, 2.45) is 5.92 Å². The molecule has 1 amide bonds. The third kappa shape index (κ3) is 2.99. The molecule has 0 aromatic heterocycles. The fraction of sp³-hybridized carbons (Fsp3) is 0.562. The van der Waals surface area contributed by atoms with Gasteiger partial charge < -0.3 is 4.90 Å². The standard InChI is InChI=1S/C16H20ClNOS/c17-14-8-4-7-13(11-14)16-18(9-10-20-16)15(19)12-5-2-1-3-6-12/h4,7-8,11-12,16H,1-3,5-6,9-10H2/t16-/m0/s1. The molecule has 1 saturated carbocycles. The van der Waals surface area contributed by atoms with Crippen LogP contribution in [0.1, 0.15) is 43.0 Å². The molecular formula is C16H20ClNOS. The first kappa shape index (κ1) is 14.3. The van der Waals surface area contributed by atoms with Crippen molar-refractivity contribution in [3.05, 3.63) is 34.9 Å². The van der Waals surface area contributed by atoms with Crippen LogP contribution in [0.5, 0.6) is 0 Å². The van der Waals surface area contributed by atoms with Gasteiger partial charge in [-0.3, -0.25) is 4.79 Å². The van der Waals surface area contributed by atoms with Crippen LogP contribution >= 0.6 is 23.4 Å². The van der Waals surface area contributed by atoms with Crippen molar-refractivity contribution in [3.63, 3.8) is 0 Å². The summed E-state index contributed by atoms with van der Waals surface area (Å²) in [5.74, 6) is 1.64. The third-order valence-electron chi connectivity index (χ3n) is 4.26. The smallest absolute Gasteiger partial charge is 0.226 e. The molecule has 2 aliphatic rings. The highest BCUT2D eigenvalue weighted by Gasteiger charge is 2.34. The van der Waals surface area contributed by atoms with E-state index in [0.29, 0.717) is 5.91 Å². The summed E-state index contributed by atoms with van der Waals surface area (Å²) in [5.41, 5.74) is 1.16. The van der Waals surface area contributed by atoms with E-state index in [1.54, 1.807) is 0 Å². The van der Waals surface area contributed by atoms with Gasteiger partial charge in [0.1, 0.15) is 5.37 Å². The quantitative estimate of drug-likeness (QED) is 0.802. The normalized spacial score (nSPS) is 24.1. The van der Waals surface area contributed by atoms with Crippen LogP contribution in [0.3, 0.4) is 0 Å². The maximum absolute atomic E-state index is 12.7. The lowest BCUT2D eigenvalue weighted by molar-refractivity contribution is -0.136. The van der Waals surface area contributed by atoms with E-state index in [4.69, 9.17) is 11.6 Å². The summed E-state index contributed by atoms with van der Waals surface area (Å²) in [5, 5.41) is 0.906. The van der Waals surface area contributed by atoms with Gasteiger partial charge in [-0.25, -0.2) is 0 Å². The Kier molecular flexibility index (Phi) is 4.57. The van der Waals surface area contributed by atoms with Crippen LogP contribution in [0, 0.1) is 5.92 Å². The number of thioether (sulfide) groups is 1. The largest absolute Gasteiger partial charge is 0.325 e. The molecular weight excluding hydrogens is 290 g/mol. The Hall–Kier alpha value is -0.670. The second-order valence-electron chi connectivity index (χ2n) is 5.64. The molecule has 1 atom stereocenters. The summed E-state index contributed by atoms with van der Waals surface area (Å²) in [7, 11) is 0. The van der Waals surface area contributed by atoms with Gasteiger partial charge in [0.15, 0.2) is 0 Å². The average Bonchev–Trinajstić information content (AvgIpc) is 2.97. The lowest BCUT2D eigenvalue weighted by Gasteiger charge is -2.30. The van der Waals surface area contributed by atoms with E-state index in [-0.39, 0.29) is 11.3 Å². The molecule has 20 heavy (non-hydrogen) atoms. The molecule has 1 aromatic carbocycles. The van der Waals surface area contributed by atoms with Crippen LogP contribution in [0.25, 0.3) is 0 Å². The topological polar surface area (TPSA) is 20.3 Å². The zero-order valence-corrected chi connectivity index (χ0v) is 13.1. The molecule has 0 spiro atoms. The zero-order valence-electron chi connectivity index (χ0n) is 11.6. The Morgan fingerprint density at radius 3 is 2.80 bits per heavy atom. The van der Waals surface area contributed by atoms with Crippen LogP contribution in [0.15, 0.2) is 24.3 Å². The number of nitrogens with zero attached hydrogens (tertiary/aromatic N) is 1. The first-order chi connectivity index (χ1) is 9.75. The third-order valence-corrected chi connectivity index (χ3v) is 5.76. The van der Waals surface area contributed by atoms with Gasteiger partial charge in [-0.15, -0.1) is 11.8 Å². The maximum Gasteiger partial charge on any atom is 0.226 e. The van der Waals surface area contributed by atoms with Gasteiger partial charge >= 0.3 is 0 Å². The molecule has 0 bridgehead atoms. The Balaban J connectivity index is 1.76. The molecule has 0 radical (unpaired) electrons. The average molecular weight is 310 g/mol. The molecule has 3 rings (SSSR count). The molecule has 0 N–H and O–H groups in total. The van der Waals surface area contributed by atoms with Crippen molar-refractivity contribution >= 4 is 29.3 Å². The van der Waals surface area contributed by atoms with Gasteiger partial charge in [-0.2, -0.15) is 0 Å². The van der Waals surface area contributed by atoms with E-state index < -0.39 is 0 Å². The Labute approximate surface area is 129 Å². The van der Waals surface area contributed by atoms with Crippen LogP contribution in [0.4, 0.5) is 0 Å². The van der Waals surface area contributed by atoms with Crippen molar-refractivity contribution in [1.29, 1.82) is 0 Å². The van der Waals surface area contributed by atoms with Crippen LogP contribution in [0.2, 0.25) is 5.02 Å². The minimum atomic E-state index is 0.156.